The van der Waals surface area contributed by atoms with Gasteiger partial charge in [-0.2, -0.15) is 4.98 Å². The minimum atomic E-state index is -0.0466. The van der Waals surface area contributed by atoms with Crippen molar-refractivity contribution in [2.24, 2.45) is 0 Å². The number of aromatic nitrogens is 3. The second-order valence-corrected chi connectivity index (χ2v) is 4.77. The fraction of sp³-hybridized carbons (Fsp3) is 0.267. The molecule has 0 aliphatic carbocycles. The molecule has 0 unspecified atom stereocenters. The molecule has 1 aromatic carbocycles. The van der Waals surface area contributed by atoms with E-state index in [2.05, 4.69) is 20.4 Å². The smallest absolute Gasteiger partial charge is 0.240 e. The summed E-state index contributed by atoms with van der Waals surface area (Å²) in [4.78, 5) is 8.45. The molecule has 0 saturated carbocycles. The van der Waals surface area contributed by atoms with Crippen LogP contribution in [0, 0.1) is 6.92 Å². The zero-order valence-electron chi connectivity index (χ0n) is 11.9. The Bertz CT molecular complexity index is 705. The van der Waals surface area contributed by atoms with Crippen LogP contribution in [0.3, 0.4) is 0 Å². The van der Waals surface area contributed by atoms with E-state index in [1.54, 1.807) is 13.1 Å². The third kappa shape index (κ3) is 3.17. The molecule has 3 aromatic rings. The molecule has 0 saturated heterocycles. The second kappa shape index (κ2) is 5.88. The Morgan fingerprint density at radius 1 is 1.24 bits per heavy atom. The Balaban J connectivity index is 1.65. The first-order valence-corrected chi connectivity index (χ1v) is 6.76. The van der Waals surface area contributed by atoms with Crippen LogP contribution in [-0.2, 0) is 6.54 Å². The van der Waals surface area contributed by atoms with Crippen molar-refractivity contribution in [2.45, 2.75) is 26.4 Å². The summed E-state index contributed by atoms with van der Waals surface area (Å²) in [6, 6.07) is 9.84. The fourth-order valence-corrected chi connectivity index (χ4v) is 1.96. The van der Waals surface area contributed by atoms with E-state index in [-0.39, 0.29) is 6.04 Å². The zero-order chi connectivity index (χ0) is 14.7. The minimum absolute atomic E-state index is 0.0466. The molecule has 0 aliphatic rings. The third-order valence-electron chi connectivity index (χ3n) is 3.08. The van der Waals surface area contributed by atoms with Crippen LogP contribution in [0.15, 0.2) is 45.5 Å². The highest BCUT2D eigenvalue weighted by Gasteiger charge is 2.14. The van der Waals surface area contributed by atoms with E-state index in [0.717, 1.165) is 11.3 Å². The van der Waals surface area contributed by atoms with Crippen LogP contribution in [-0.4, -0.2) is 15.1 Å². The molecule has 1 N–H and O–H groups in total. The van der Waals surface area contributed by atoms with Crippen molar-refractivity contribution >= 4 is 0 Å². The Kier molecular flexibility index (Phi) is 3.79. The number of nitrogens with one attached hydrogen (secondary N) is 1. The van der Waals surface area contributed by atoms with Crippen molar-refractivity contribution in [1.29, 1.82) is 0 Å². The highest BCUT2D eigenvalue weighted by atomic mass is 16.5. The summed E-state index contributed by atoms with van der Waals surface area (Å²) in [5.41, 5.74) is 1.01. The minimum Gasteiger partial charge on any atom is -0.439 e. The van der Waals surface area contributed by atoms with E-state index < -0.39 is 0 Å². The topological polar surface area (TPSA) is 77.0 Å². The van der Waals surface area contributed by atoms with Gasteiger partial charge in [-0.05, 0) is 13.8 Å². The maximum Gasteiger partial charge on any atom is 0.240 e. The van der Waals surface area contributed by atoms with Gasteiger partial charge in [0.1, 0.15) is 0 Å². The van der Waals surface area contributed by atoms with Crippen LogP contribution in [0.4, 0.5) is 0 Å². The van der Waals surface area contributed by atoms with E-state index in [4.69, 9.17) is 8.94 Å². The van der Waals surface area contributed by atoms with Crippen molar-refractivity contribution < 1.29 is 8.94 Å². The van der Waals surface area contributed by atoms with E-state index in [1.807, 2.05) is 37.3 Å². The standard InChI is InChI=1S/C15H16N4O2/c1-10(16-9-14-18-11(2)19-21-14)15-17-8-13(20-15)12-6-4-3-5-7-12/h3-8,10,16H,9H2,1-2H3/t10-/m0/s1. The summed E-state index contributed by atoms with van der Waals surface area (Å²) in [6.45, 7) is 4.24. The Labute approximate surface area is 122 Å². The van der Waals surface area contributed by atoms with Gasteiger partial charge in [-0.15, -0.1) is 0 Å². The second-order valence-electron chi connectivity index (χ2n) is 4.77. The average Bonchev–Trinajstić information content (AvgIpc) is 3.15. The van der Waals surface area contributed by atoms with E-state index in [0.29, 0.717) is 24.2 Å². The molecule has 21 heavy (non-hydrogen) atoms. The van der Waals surface area contributed by atoms with Crippen molar-refractivity contribution in [3.05, 3.63) is 54.1 Å². The van der Waals surface area contributed by atoms with Gasteiger partial charge in [0.2, 0.25) is 11.8 Å². The third-order valence-corrected chi connectivity index (χ3v) is 3.08. The SMILES string of the molecule is Cc1noc(CN[C@@H](C)c2ncc(-c3ccccc3)o2)n1. The molecule has 1 atom stereocenters. The molecule has 0 bridgehead atoms. The van der Waals surface area contributed by atoms with Gasteiger partial charge in [0.15, 0.2) is 11.6 Å². The molecule has 3 rings (SSSR count). The summed E-state index contributed by atoms with van der Waals surface area (Å²) in [5, 5.41) is 6.99. The molecular weight excluding hydrogens is 268 g/mol. The highest BCUT2D eigenvalue weighted by Crippen LogP contribution is 2.22. The maximum absolute atomic E-state index is 5.78. The number of hydrogen-bond acceptors (Lipinski definition) is 6. The van der Waals surface area contributed by atoms with Crippen LogP contribution >= 0.6 is 0 Å². The lowest BCUT2D eigenvalue weighted by Crippen LogP contribution is -2.18. The maximum atomic E-state index is 5.78. The predicted molar refractivity (Wildman–Crippen MR) is 76.2 cm³/mol. The van der Waals surface area contributed by atoms with Crippen LogP contribution in [0.25, 0.3) is 11.3 Å². The average molecular weight is 284 g/mol. The quantitative estimate of drug-likeness (QED) is 0.776. The highest BCUT2D eigenvalue weighted by molar-refractivity contribution is 5.55. The molecular formula is C15H16N4O2. The predicted octanol–water partition coefficient (Wildman–Crippen LogP) is 2.88. The molecule has 0 radical (unpaired) electrons. The van der Waals surface area contributed by atoms with Gasteiger partial charge in [0.05, 0.1) is 18.8 Å². The zero-order valence-corrected chi connectivity index (χ0v) is 11.9. The first-order chi connectivity index (χ1) is 10.2. The van der Waals surface area contributed by atoms with E-state index in [9.17, 15) is 0 Å². The lowest BCUT2D eigenvalue weighted by molar-refractivity contribution is 0.346. The summed E-state index contributed by atoms with van der Waals surface area (Å²) in [6.07, 6.45) is 1.74. The lowest BCUT2D eigenvalue weighted by Gasteiger charge is -2.07. The number of rotatable bonds is 5. The van der Waals surface area contributed by atoms with Gasteiger partial charge in [0, 0.05) is 5.56 Å². The van der Waals surface area contributed by atoms with Gasteiger partial charge in [-0.25, -0.2) is 4.98 Å². The van der Waals surface area contributed by atoms with Crippen LogP contribution in [0.2, 0.25) is 0 Å². The van der Waals surface area contributed by atoms with Crippen LogP contribution in [0.1, 0.15) is 30.6 Å². The number of aryl methyl sites for hydroxylation is 1. The summed E-state index contributed by atoms with van der Waals surface area (Å²) in [5.74, 6) is 2.56. The van der Waals surface area contributed by atoms with Crippen molar-refractivity contribution in [3.63, 3.8) is 0 Å². The van der Waals surface area contributed by atoms with Gasteiger partial charge in [0.25, 0.3) is 0 Å². The molecule has 6 heteroatoms. The monoisotopic (exact) mass is 284 g/mol. The number of hydrogen-bond donors (Lipinski definition) is 1. The van der Waals surface area contributed by atoms with Gasteiger partial charge in [-0.1, -0.05) is 35.5 Å². The van der Waals surface area contributed by atoms with Gasteiger partial charge < -0.3 is 8.94 Å². The van der Waals surface area contributed by atoms with Crippen molar-refractivity contribution in [3.8, 4) is 11.3 Å². The van der Waals surface area contributed by atoms with E-state index in [1.165, 1.54) is 0 Å². The molecule has 108 valence electrons. The molecule has 0 spiro atoms. The lowest BCUT2D eigenvalue weighted by atomic mass is 10.2. The summed E-state index contributed by atoms with van der Waals surface area (Å²) in [7, 11) is 0. The van der Waals surface area contributed by atoms with Crippen molar-refractivity contribution in [2.75, 3.05) is 0 Å². The molecule has 0 fully saturated rings. The molecule has 0 aliphatic heterocycles. The molecule has 0 amide bonds. The normalized spacial score (nSPS) is 12.5. The largest absolute Gasteiger partial charge is 0.439 e. The Morgan fingerprint density at radius 2 is 2.05 bits per heavy atom. The Hall–Kier alpha value is -2.47. The summed E-state index contributed by atoms with van der Waals surface area (Å²) < 4.78 is 10.8. The van der Waals surface area contributed by atoms with Gasteiger partial charge >= 0.3 is 0 Å². The van der Waals surface area contributed by atoms with Gasteiger partial charge in [-0.3, -0.25) is 5.32 Å². The number of oxazole rings is 1. The molecule has 2 aromatic heterocycles. The number of nitrogens with zero attached hydrogens (tertiary/aromatic N) is 3. The molecule has 6 nitrogen and oxygen atoms in total. The van der Waals surface area contributed by atoms with Crippen molar-refractivity contribution in [1.82, 2.24) is 20.4 Å². The Morgan fingerprint density at radius 3 is 2.76 bits per heavy atom. The summed E-state index contributed by atoms with van der Waals surface area (Å²) >= 11 is 0. The molecule has 2 heterocycles. The van der Waals surface area contributed by atoms with Crippen LogP contribution < -0.4 is 5.32 Å². The van der Waals surface area contributed by atoms with E-state index >= 15 is 0 Å². The fourth-order valence-electron chi connectivity index (χ4n) is 1.96. The first kappa shape index (κ1) is 13.5. The van der Waals surface area contributed by atoms with Crippen LogP contribution in [0.5, 0.6) is 0 Å². The number of benzene rings is 1. The first-order valence-electron chi connectivity index (χ1n) is 6.76.